The number of carbonyl (C=O) groups is 3. The van der Waals surface area contributed by atoms with Crippen LogP contribution in [0.5, 0.6) is 5.75 Å². The van der Waals surface area contributed by atoms with Crippen LogP contribution < -0.4 is 20.3 Å². The van der Waals surface area contributed by atoms with E-state index in [9.17, 15) is 23.2 Å². The van der Waals surface area contributed by atoms with E-state index in [4.69, 9.17) is 5.11 Å². The summed E-state index contributed by atoms with van der Waals surface area (Å²) in [6.07, 6.45) is 5.83. The van der Waals surface area contributed by atoms with Crippen molar-refractivity contribution in [1.29, 1.82) is 0 Å². The highest BCUT2D eigenvalue weighted by Gasteiger charge is 2.21. The van der Waals surface area contributed by atoms with E-state index in [2.05, 4.69) is 32.5 Å². The lowest BCUT2D eigenvalue weighted by atomic mass is 9.84. The Kier molecular flexibility index (Phi) is 10.0. The van der Waals surface area contributed by atoms with Crippen LogP contribution in [0, 0.1) is 0 Å². The number of aliphatic carboxylic acids is 1. The Bertz CT molecular complexity index is 1610. The Hall–Kier alpha value is -4.58. The minimum Gasteiger partial charge on any atom is -0.481 e. The predicted molar refractivity (Wildman–Crippen MR) is 165 cm³/mol. The number of hydrogen-bond donors (Lipinski definition) is 3. The second-order valence-electron chi connectivity index (χ2n) is 10.6. The van der Waals surface area contributed by atoms with Crippen LogP contribution in [0.3, 0.4) is 0 Å². The Labute approximate surface area is 256 Å². The molecule has 0 atom stereocenters. The molecular formula is C32H32F2N4O5S. The van der Waals surface area contributed by atoms with Crippen LogP contribution in [0.15, 0.2) is 66.7 Å². The molecule has 1 aliphatic rings. The first kappa shape index (κ1) is 30.9. The molecule has 0 spiro atoms. The van der Waals surface area contributed by atoms with Crippen molar-refractivity contribution in [1.82, 2.24) is 10.3 Å². The van der Waals surface area contributed by atoms with Gasteiger partial charge in [0.1, 0.15) is 5.75 Å². The van der Waals surface area contributed by atoms with Gasteiger partial charge in [-0.3, -0.25) is 19.8 Å². The van der Waals surface area contributed by atoms with E-state index in [0.717, 1.165) is 18.4 Å². The van der Waals surface area contributed by atoms with Crippen molar-refractivity contribution < 1.29 is 33.0 Å². The van der Waals surface area contributed by atoms with E-state index in [-0.39, 0.29) is 31.2 Å². The molecule has 230 valence electrons. The second kappa shape index (κ2) is 14.3. The number of amides is 3. The number of carbonyl (C=O) groups excluding carboxylic acids is 2. The number of ether oxygens (including phenoxy) is 1. The summed E-state index contributed by atoms with van der Waals surface area (Å²) in [7, 11) is 0. The predicted octanol–water partition coefficient (Wildman–Crippen LogP) is 7.39. The van der Waals surface area contributed by atoms with Crippen molar-refractivity contribution in [3.63, 3.8) is 0 Å². The van der Waals surface area contributed by atoms with Crippen molar-refractivity contribution >= 4 is 50.3 Å². The van der Waals surface area contributed by atoms with Gasteiger partial charge in [-0.1, -0.05) is 54.9 Å². The van der Waals surface area contributed by atoms with E-state index in [0.29, 0.717) is 32.5 Å². The number of nitrogens with one attached hydrogen (secondary N) is 2. The maximum absolute atomic E-state index is 13.7. The average molecular weight is 623 g/mol. The molecule has 3 N–H and O–H groups in total. The Balaban J connectivity index is 1.35. The summed E-state index contributed by atoms with van der Waals surface area (Å²) in [5.74, 6) is -0.892. The monoisotopic (exact) mass is 622 g/mol. The van der Waals surface area contributed by atoms with Crippen LogP contribution in [0.25, 0.3) is 10.2 Å². The number of fused-ring (bicyclic) bond motifs is 1. The normalized spacial score (nSPS) is 13.5. The fraction of sp³-hybridized carbons (Fsp3) is 0.312. The van der Waals surface area contributed by atoms with Crippen LogP contribution in [-0.2, 0) is 11.3 Å². The van der Waals surface area contributed by atoms with E-state index >= 15 is 0 Å². The summed E-state index contributed by atoms with van der Waals surface area (Å²) in [6.45, 7) is -2.75. The molecular weight excluding hydrogens is 590 g/mol. The molecule has 1 fully saturated rings. The highest BCUT2D eigenvalue weighted by molar-refractivity contribution is 7.22. The van der Waals surface area contributed by atoms with Crippen LogP contribution in [-0.4, -0.2) is 41.2 Å². The molecule has 12 heteroatoms. The number of alkyl halides is 2. The number of anilines is 2. The molecule has 1 heterocycles. The van der Waals surface area contributed by atoms with Gasteiger partial charge >= 0.3 is 18.6 Å². The van der Waals surface area contributed by atoms with Crippen molar-refractivity contribution in [2.24, 2.45) is 0 Å². The highest BCUT2D eigenvalue weighted by atomic mass is 32.1. The van der Waals surface area contributed by atoms with Gasteiger partial charge in [0.25, 0.3) is 5.91 Å². The molecule has 1 aliphatic carbocycles. The third-order valence-electron chi connectivity index (χ3n) is 7.51. The molecule has 44 heavy (non-hydrogen) atoms. The lowest BCUT2D eigenvalue weighted by molar-refractivity contribution is -0.136. The Morgan fingerprint density at radius 2 is 1.73 bits per heavy atom. The van der Waals surface area contributed by atoms with Gasteiger partial charge in [-0.05, 0) is 66.3 Å². The molecule has 1 aromatic heterocycles. The largest absolute Gasteiger partial charge is 0.481 e. The van der Waals surface area contributed by atoms with Gasteiger partial charge in [0.05, 0.1) is 23.2 Å². The molecule has 0 saturated heterocycles. The molecule has 5 rings (SSSR count). The SMILES string of the molecule is O=C(O)CCNC(=O)c1ccc(CN(C(=O)Nc2nc3cc(OC(F)F)ccc3s2)c2ccc(C3CCCCC3)cc2)cc1. The first-order valence-electron chi connectivity index (χ1n) is 14.4. The molecule has 3 aromatic carbocycles. The molecule has 3 amide bonds. The number of aromatic nitrogens is 1. The minimum atomic E-state index is -2.95. The first-order chi connectivity index (χ1) is 21.2. The summed E-state index contributed by atoms with van der Waals surface area (Å²) in [5.41, 5.74) is 3.48. The van der Waals surface area contributed by atoms with Gasteiger partial charge in [0, 0.05) is 23.9 Å². The lowest BCUT2D eigenvalue weighted by Crippen LogP contribution is -2.34. The molecule has 4 aromatic rings. The third-order valence-corrected chi connectivity index (χ3v) is 8.46. The average Bonchev–Trinajstić information content (AvgIpc) is 3.41. The van der Waals surface area contributed by atoms with Crippen LogP contribution in [0.4, 0.5) is 24.4 Å². The number of nitrogens with zero attached hydrogens (tertiary/aromatic N) is 2. The number of thiazole rings is 1. The standard InChI is InChI=1S/C32H32F2N4O5S/c33-30(34)43-25-14-15-27-26(18-25)36-31(44-27)37-32(42)38(24-12-10-22(11-13-24)21-4-2-1-3-5-21)19-20-6-8-23(9-7-20)29(41)35-17-16-28(39)40/h6-15,18,21,30H,1-5,16-17,19H2,(H,35,41)(H,39,40)(H,36,37,42). The molecule has 1 saturated carbocycles. The molecule has 0 radical (unpaired) electrons. The van der Waals surface area contributed by atoms with Gasteiger partial charge in [0.15, 0.2) is 5.13 Å². The maximum atomic E-state index is 13.7. The van der Waals surface area contributed by atoms with Crippen molar-refractivity contribution in [2.45, 2.75) is 57.6 Å². The van der Waals surface area contributed by atoms with Crippen LogP contribution in [0.1, 0.15) is 65.9 Å². The summed E-state index contributed by atoms with van der Waals surface area (Å²) >= 11 is 1.21. The van der Waals surface area contributed by atoms with Gasteiger partial charge in [0.2, 0.25) is 0 Å². The molecule has 0 unspecified atom stereocenters. The summed E-state index contributed by atoms with van der Waals surface area (Å²) < 4.78 is 30.5. The van der Waals surface area contributed by atoms with E-state index in [1.54, 1.807) is 35.2 Å². The van der Waals surface area contributed by atoms with Crippen LogP contribution >= 0.6 is 11.3 Å². The zero-order chi connectivity index (χ0) is 31.1. The van der Waals surface area contributed by atoms with Gasteiger partial charge in [-0.2, -0.15) is 8.78 Å². The van der Waals surface area contributed by atoms with Crippen molar-refractivity contribution in [3.05, 3.63) is 83.4 Å². The zero-order valence-corrected chi connectivity index (χ0v) is 24.6. The molecule has 9 nitrogen and oxygen atoms in total. The van der Waals surface area contributed by atoms with Gasteiger partial charge < -0.3 is 15.2 Å². The Morgan fingerprint density at radius 3 is 2.41 bits per heavy atom. The lowest BCUT2D eigenvalue weighted by Gasteiger charge is -2.25. The van der Waals surface area contributed by atoms with E-state index in [1.807, 2.05) is 12.1 Å². The fourth-order valence-electron chi connectivity index (χ4n) is 5.27. The number of rotatable bonds is 11. The minimum absolute atomic E-state index is 0.0191. The summed E-state index contributed by atoms with van der Waals surface area (Å²) in [4.78, 5) is 42.8. The number of urea groups is 1. The Morgan fingerprint density at radius 1 is 1.00 bits per heavy atom. The molecule has 0 aliphatic heterocycles. The third kappa shape index (κ3) is 8.07. The quantitative estimate of drug-likeness (QED) is 0.160. The van der Waals surface area contributed by atoms with Gasteiger partial charge in [-0.25, -0.2) is 9.78 Å². The number of benzene rings is 3. The second-order valence-corrected chi connectivity index (χ2v) is 11.6. The van der Waals surface area contributed by atoms with Crippen molar-refractivity contribution in [3.8, 4) is 5.75 Å². The van der Waals surface area contributed by atoms with E-state index in [1.165, 1.54) is 48.3 Å². The van der Waals surface area contributed by atoms with Crippen molar-refractivity contribution in [2.75, 3.05) is 16.8 Å². The number of carboxylic acid groups (broad SMARTS) is 1. The first-order valence-corrected chi connectivity index (χ1v) is 15.2. The van der Waals surface area contributed by atoms with Crippen LogP contribution in [0.2, 0.25) is 0 Å². The fourth-order valence-corrected chi connectivity index (χ4v) is 6.10. The molecule has 0 bridgehead atoms. The highest BCUT2D eigenvalue weighted by Crippen LogP contribution is 2.34. The van der Waals surface area contributed by atoms with E-state index < -0.39 is 18.6 Å². The number of carboxylic acids is 1. The zero-order valence-electron chi connectivity index (χ0n) is 23.8. The smallest absolute Gasteiger partial charge is 0.387 e. The topological polar surface area (TPSA) is 121 Å². The summed E-state index contributed by atoms with van der Waals surface area (Å²) in [5, 5.41) is 14.5. The van der Waals surface area contributed by atoms with Gasteiger partial charge in [-0.15, -0.1) is 0 Å². The maximum Gasteiger partial charge on any atom is 0.387 e. The summed E-state index contributed by atoms with van der Waals surface area (Å²) in [6, 6.07) is 18.7. The number of halogens is 2. The number of hydrogen-bond acceptors (Lipinski definition) is 6.